The summed E-state index contributed by atoms with van der Waals surface area (Å²) < 4.78 is 1.37. The lowest BCUT2D eigenvalue weighted by atomic mass is 10.3. The van der Waals surface area contributed by atoms with E-state index in [1.165, 1.54) is 17.1 Å². The maximum absolute atomic E-state index is 10.8. The normalized spacial score (nSPS) is 17.8. The second-order valence-electron chi connectivity index (χ2n) is 3.12. The standard InChI is InChI=1S/C8H7N3O2/c9-3-6-4-10-11(5-6)8(1-2-8)7(12)13/h4-5H,1-2H2,(H,12,13). The summed E-state index contributed by atoms with van der Waals surface area (Å²) in [4.78, 5) is 10.8. The Morgan fingerprint density at radius 3 is 2.85 bits per heavy atom. The Morgan fingerprint density at radius 2 is 2.46 bits per heavy atom. The molecule has 1 saturated carbocycles. The number of nitrogens with zero attached hydrogens (tertiary/aromatic N) is 3. The number of aliphatic carboxylic acids is 1. The van der Waals surface area contributed by atoms with Gasteiger partial charge in [-0.2, -0.15) is 10.4 Å². The van der Waals surface area contributed by atoms with Gasteiger partial charge in [0.2, 0.25) is 0 Å². The van der Waals surface area contributed by atoms with Crippen LogP contribution in [0.25, 0.3) is 0 Å². The first-order valence-electron chi connectivity index (χ1n) is 3.88. The van der Waals surface area contributed by atoms with Crippen LogP contribution in [-0.2, 0) is 10.3 Å². The van der Waals surface area contributed by atoms with Gasteiger partial charge in [-0.25, -0.2) is 4.79 Å². The lowest BCUT2D eigenvalue weighted by molar-refractivity contribution is -0.142. The van der Waals surface area contributed by atoms with Crippen molar-refractivity contribution in [3.05, 3.63) is 18.0 Å². The molecule has 0 aromatic carbocycles. The van der Waals surface area contributed by atoms with Crippen LogP contribution in [0.1, 0.15) is 18.4 Å². The van der Waals surface area contributed by atoms with E-state index in [0.717, 1.165) is 0 Å². The monoisotopic (exact) mass is 177 g/mol. The number of nitriles is 1. The summed E-state index contributed by atoms with van der Waals surface area (Å²) in [5, 5.41) is 21.3. The van der Waals surface area contributed by atoms with Gasteiger partial charge in [0.25, 0.3) is 0 Å². The molecule has 1 aliphatic carbocycles. The zero-order valence-corrected chi connectivity index (χ0v) is 6.77. The van der Waals surface area contributed by atoms with Crippen LogP contribution in [0.2, 0.25) is 0 Å². The highest BCUT2D eigenvalue weighted by Gasteiger charge is 2.53. The third-order valence-corrected chi connectivity index (χ3v) is 2.27. The average Bonchev–Trinajstić information content (AvgIpc) is 2.79. The molecular weight excluding hydrogens is 170 g/mol. The van der Waals surface area contributed by atoms with E-state index < -0.39 is 11.5 Å². The molecule has 1 heterocycles. The quantitative estimate of drug-likeness (QED) is 0.705. The van der Waals surface area contributed by atoms with Crippen LogP contribution in [-0.4, -0.2) is 20.9 Å². The molecule has 66 valence electrons. The highest BCUT2D eigenvalue weighted by Crippen LogP contribution is 2.43. The van der Waals surface area contributed by atoms with E-state index in [1.807, 2.05) is 6.07 Å². The van der Waals surface area contributed by atoms with Crippen molar-refractivity contribution in [1.82, 2.24) is 9.78 Å². The fourth-order valence-corrected chi connectivity index (χ4v) is 1.27. The SMILES string of the molecule is N#Cc1cnn(C2(C(=O)O)CC2)c1. The van der Waals surface area contributed by atoms with Crippen LogP contribution >= 0.6 is 0 Å². The van der Waals surface area contributed by atoms with Gasteiger partial charge in [-0.3, -0.25) is 4.68 Å². The third kappa shape index (κ3) is 0.991. The lowest BCUT2D eigenvalue weighted by Crippen LogP contribution is -2.27. The molecule has 5 heteroatoms. The van der Waals surface area contributed by atoms with Gasteiger partial charge in [0.15, 0.2) is 5.54 Å². The Balaban J connectivity index is 2.37. The molecule has 1 aromatic heterocycles. The first kappa shape index (κ1) is 7.80. The molecule has 0 radical (unpaired) electrons. The molecule has 1 aliphatic rings. The molecule has 0 aliphatic heterocycles. The minimum atomic E-state index is -0.875. The van der Waals surface area contributed by atoms with Gasteiger partial charge >= 0.3 is 5.97 Å². The van der Waals surface area contributed by atoms with Crippen LogP contribution in [0.5, 0.6) is 0 Å². The first-order valence-corrected chi connectivity index (χ1v) is 3.88. The molecule has 0 unspecified atom stereocenters. The lowest BCUT2D eigenvalue weighted by Gasteiger charge is -2.08. The zero-order chi connectivity index (χ0) is 9.47. The fourth-order valence-electron chi connectivity index (χ4n) is 1.27. The minimum Gasteiger partial charge on any atom is -0.479 e. The number of aromatic nitrogens is 2. The van der Waals surface area contributed by atoms with E-state index in [-0.39, 0.29) is 0 Å². The molecule has 1 N–H and O–H groups in total. The molecule has 5 nitrogen and oxygen atoms in total. The highest BCUT2D eigenvalue weighted by molar-refractivity contribution is 5.79. The van der Waals surface area contributed by atoms with Crippen molar-refractivity contribution in [2.75, 3.05) is 0 Å². The van der Waals surface area contributed by atoms with E-state index in [4.69, 9.17) is 10.4 Å². The third-order valence-electron chi connectivity index (χ3n) is 2.27. The van der Waals surface area contributed by atoms with Crippen molar-refractivity contribution in [1.29, 1.82) is 5.26 Å². The molecule has 1 aromatic rings. The summed E-state index contributed by atoms with van der Waals surface area (Å²) in [5.41, 5.74) is -0.470. The van der Waals surface area contributed by atoms with Crippen molar-refractivity contribution < 1.29 is 9.90 Å². The molecule has 0 atom stereocenters. The predicted molar refractivity (Wildman–Crippen MR) is 41.8 cm³/mol. The van der Waals surface area contributed by atoms with Gasteiger partial charge in [0.05, 0.1) is 11.8 Å². The van der Waals surface area contributed by atoms with Crippen molar-refractivity contribution in [2.45, 2.75) is 18.4 Å². The number of carbonyl (C=O) groups is 1. The number of carboxylic acids is 1. The van der Waals surface area contributed by atoms with Crippen molar-refractivity contribution >= 4 is 5.97 Å². The van der Waals surface area contributed by atoms with Gasteiger partial charge in [-0.05, 0) is 12.8 Å². The molecule has 0 saturated heterocycles. The zero-order valence-electron chi connectivity index (χ0n) is 6.77. The summed E-state index contributed by atoms with van der Waals surface area (Å²) in [7, 11) is 0. The van der Waals surface area contributed by atoms with E-state index in [2.05, 4.69) is 5.10 Å². The minimum absolute atomic E-state index is 0.396. The van der Waals surface area contributed by atoms with Crippen molar-refractivity contribution in [3.63, 3.8) is 0 Å². The summed E-state index contributed by atoms with van der Waals surface area (Å²) in [6.45, 7) is 0. The Bertz CT molecular complexity index is 398. The molecule has 0 amide bonds. The van der Waals surface area contributed by atoms with Gasteiger partial charge in [0.1, 0.15) is 6.07 Å². The molecule has 0 bridgehead atoms. The van der Waals surface area contributed by atoms with Crippen molar-refractivity contribution in [2.24, 2.45) is 0 Å². The van der Waals surface area contributed by atoms with Crippen LogP contribution in [0.4, 0.5) is 0 Å². The second kappa shape index (κ2) is 2.33. The van der Waals surface area contributed by atoms with E-state index >= 15 is 0 Å². The van der Waals surface area contributed by atoms with Gasteiger partial charge in [-0.1, -0.05) is 0 Å². The summed E-state index contributed by atoms with van der Waals surface area (Å²) in [5.74, 6) is -0.875. The number of rotatable bonds is 2. The van der Waals surface area contributed by atoms with E-state index in [1.54, 1.807) is 0 Å². The molecule has 2 rings (SSSR count). The number of carboxylic acid groups (broad SMARTS) is 1. The van der Waals surface area contributed by atoms with Gasteiger partial charge in [0, 0.05) is 6.20 Å². The maximum atomic E-state index is 10.8. The summed E-state index contributed by atoms with van der Waals surface area (Å²) in [6.07, 6.45) is 4.04. The Morgan fingerprint density at radius 1 is 1.77 bits per heavy atom. The van der Waals surface area contributed by atoms with Gasteiger partial charge in [-0.15, -0.1) is 0 Å². The Kier molecular flexibility index (Phi) is 1.40. The number of hydrogen-bond donors (Lipinski definition) is 1. The number of hydrogen-bond acceptors (Lipinski definition) is 3. The van der Waals surface area contributed by atoms with Crippen LogP contribution < -0.4 is 0 Å². The van der Waals surface area contributed by atoms with Crippen molar-refractivity contribution in [3.8, 4) is 6.07 Å². The summed E-state index contributed by atoms with van der Waals surface area (Å²) in [6, 6.07) is 1.91. The smallest absolute Gasteiger partial charge is 0.331 e. The summed E-state index contributed by atoms with van der Waals surface area (Å²) >= 11 is 0. The fraction of sp³-hybridized carbons (Fsp3) is 0.375. The largest absolute Gasteiger partial charge is 0.479 e. The Hall–Kier alpha value is -1.83. The molecule has 0 spiro atoms. The molecule has 13 heavy (non-hydrogen) atoms. The topological polar surface area (TPSA) is 78.9 Å². The van der Waals surface area contributed by atoms with E-state index in [9.17, 15) is 4.79 Å². The average molecular weight is 177 g/mol. The Labute approximate surface area is 74.2 Å². The van der Waals surface area contributed by atoms with Gasteiger partial charge < -0.3 is 5.11 Å². The van der Waals surface area contributed by atoms with Crippen LogP contribution in [0.15, 0.2) is 12.4 Å². The second-order valence-corrected chi connectivity index (χ2v) is 3.12. The molecule has 1 fully saturated rings. The predicted octanol–water partition coefficient (Wildman–Crippen LogP) is 0.328. The van der Waals surface area contributed by atoms with Crippen LogP contribution in [0.3, 0.4) is 0 Å². The molecular formula is C8H7N3O2. The highest BCUT2D eigenvalue weighted by atomic mass is 16.4. The maximum Gasteiger partial charge on any atom is 0.331 e. The van der Waals surface area contributed by atoms with Crippen LogP contribution in [0, 0.1) is 11.3 Å². The first-order chi connectivity index (χ1) is 6.19. The van der Waals surface area contributed by atoms with E-state index in [0.29, 0.717) is 18.4 Å².